The maximum absolute atomic E-state index is 12.9. The lowest BCUT2D eigenvalue weighted by atomic mass is 9.82. The number of nitrogens with zero attached hydrogens (tertiary/aromatic N) is 3. The summed E-state index contributed by atoms with van der Waals surface area (Å²) in [5, 5.41) is 2.08. The van der Waals surface area contributed by atoms with Gasteiger partial charge in [-0.05, 0) is 82.3 Å². The van der Waals surface area contributed by atoms with Crippen molar-refractivity contribution in [2.45, 2.75) is 53.7 Å². The predicted octanol–water partition coefficient (Wildman–Crippen LogP) is 7.17. The Balaban J connectivity index is 1.27. The van der Waals surface area contributed by atoms with Crippen LogP contribution in [0.5, 0.6) is 5.75 Å². The Hall–Kier alpha value is -3.00. The van der Waals surface area contributed by atoms with Gasteiger partial charge in [0.1, 0.15) is 5.75 Å². The summed E-state index contributed by atoms with van der Waals surface area (Å²) in [4.78, 5) is 30.4. The monoisotopic (exact) mass is 613 g/mol. The number of piperazine rings is 1. The van der Waals surface area contributed by atoms with Crippen molar-refractivity contribution < 1.29 is 14.3 Å². The predicted molar refractivity (Wildman–Crippen MR) is 172 cm³/mol. The molecule has 0 spiro atoms. The number of esters is 1. The van der Waals surface area contributed by atoms with Crippen LogP contribution in [0.25, 0.3) is 10.9 Å². The van der Waals surface area contributed by atoms with Crippen LogP contribution in [0.15, 0.2) is 65.0 Å². The summed E-state index contributed by atoms with van der Waals surface area (Å²) in [6, 6.07) is 14.7. The van der Waals surface area contributed by atoms with Crippen molar-refractivity contribution >= 4 is 45.8 Å². The van der Waals surface area contributed by atoms with Gasteiger partial charge in [0, 0.05) is 38.3 Å². The van der Waals surface area contributed by atoms with Crippen molar-refractivity contribution in [2.75, 3.05) is 44.2 Å². The first-order valence-electron chi connectivity index (χ1n) is 14.7. The second-order valence-corrected chi connectivity index (χ2v) is 11.9. The lowest BCUT2D eigenvalue weighted by Gasteiger charge is -2.36. The molecular formula is C33H41Cl2N3O4. The Labute approximate surface area is 258 Å². The molecule has 2 heterocycles. The molecule has 9 heteroatoms. The van der Waals surface area contributed by atoms with Crippen LogP contribution in [0.2, 0.25) is 10.0 Å². The molecule has 0 unspecified atom stereocenters. The second-order valence-electron chi connectivity index (χ2n) is 11.1. The van der Waals surface area contributed by atoms with Gasteiger partial charge >= 0.3 is 5.97 Å². The zero-order valence-electron chi connectivity index (χ0n) is 25.0. The molecule has 3 aromatic rings. The molecule has 4 rings (SSSR count). The van der Waals surface area contributed by atoms with Crippen LogP contribution in [-0.4, -0.2) is 54.8 Å². The third-order valence-corrected chi connectivity index (χ3v) is 8.92. The zero-order chi connectivity index (χ0) is 30.3. The zero-order valence-corrected chi connectivity index (χ0v) is 26.5. The van der Waals surface area contributed by atoms with Crippen LogP contribution >= 0.6 is 23.2 Å². The number of halogens is 2. The molecule has 1 aliphatic rings. The number of pyridine rings is 1. The quantitative estimate of drug-likeness (QED) is 0.122. The fraction of sp³-hybridized carbons (Fsp3) is 0.455. The first-order chi connectivity index (χ1) is 20.1. The number of carbonyl (C=O) groups excluding carboxylic acids is 1. The Morgan fingerprint density at radius 1 is 1.02 bits per heavy atom. The maximum Gasteiger partial charge on any atom is 0.317 e. The summed E-state index contributed by atoms with van der Waals surface area (Å²) in [5.41, 5.74) is 1.68. The van der Waals surface area contributed by atoms with Gasteiger partial charge in [0.05, 0.1) is 33.3 Å². The minimum Gasteiger partial charge on any atom is -0.494 e. The lowest BCUT2D eigenvalue weighted by molar-refractivity contribution is -0.155. The number of anilines is 1. The summed E-state index contributed by atoms with van der Waals surface area (Å²) in [5.74, 6) is 0.325. The van der Waals surface area contributed by atoms with Crippen molar-refractivity contribution in [3.05, 3.63) is 80.6 Å². The first-order valence-corrected chi connectivity index (χ1v) is 15.4. The normalized spacial score (nSPS) is 14.8. The molecule has 7 nitrogen and oxygen atoms in total. The molecule has 0 saturated carbocycles. The smallest absolute Gasteiger partial charge is 0.317 e. The van der Waals surface area contributed by atoms with Crippen LogP contribution < -0.4 is 15.2 Å². The molecule has 2 aromatic carbocycles. The van der Waals surface area contributed by atoms with E-state index in [1.165, 1.54) is 10.6 Å². The molecule has 0 N–H and O–H groups in total. The molecule has 0 aliphatic carbocycles. The number of hydrogen-bond donors (Lipinski definition) is 0. The van der Waals surface area contributed by atoms with Gasteiger partial charge in [-0.3, -0.25) is 19.1 Å². The molecule has 0 amide bonds. The number of unbranched alkanes of at least 4 members (excludes halogenated alkanes) is 1. The molecule has 1 fully saturated rings. The highest BCUT2D eigenvalue weighted by molar-refractivity contribution is 6.43. The lowest BCUT2D eigenvalue weighted by Crippen LogP contribution is -2.46. The number of hydrogen-bond acceptors (Lipinski definition) is 6. The number of rotatable bonds is 12. The van der Waals surface area contributed by atoms with Crippen LogP contribution in [0.1, 0.15) is 47.0 Å². The van der Waals surface area contributed by atoms with Crippen LogP contribution in [0, 0.1) is 5.41 Å². The van der Waals surface area contributed by atoms with Crippen molar-refractivity contribution in [1.29, 1.82) is 0 Å². The van der Waals surface area contributed by atoms with E-state index in [2.05, 4.69) is 9.80 Å². The highest BCUT2D eigenvalue weighted by Gasteiger charge is 2.32. The highest BCUT2D eigenvalue weighted by Crippen LogP contribution is 2.33. The molecule has 0 atom stereocenters. The number of allylic oxidation sites excluding steroid dienone is 1. The van der Waals surface area contributed by atoms with E-state index in [1.54, 1.807) is 6.07 Å². The minimum absolute atomic E-state index is 0.153. The van der Waals surface area contributed by atoms with Gasteiger partial charge in [-0.1, -0.05) is 47.8 Å². The van der Waals surface area contributed by atoms with Crippen molar-refractivity contribution in [3.63, 3.8) is 0 Å². The van der Waals surface area contributed by atoms with E-state index in [-0.39, 0.29) is 18.3 Å². The van der Waals surface area contributed by atoms with Crippen LogP contribution in [-0.2, 0) is 16.3 Å². The minimum atomic E-state index is -0.760. The van der Waals surface area contributed by atoms with E-state index in [1.807, 2.05) is 70.2 Å². The fourth-order valence-corrected chi connectivity index (χ4v) is 5.92. The number of carbonyl (C=O) groups is 1. The molecule has 42 heavy (non-hydrogen) atoms. The summed E-state index contributed by atoms with van der Waals surface area (Å²) in [7, 11) is 0. The van der Waals surface area contributed by atoms with Crippen molar-refractivity contribution in [2.24, 2.45) is 5.41 Å². The average Bonchev–Trinajstić information content (AvgIpc) is 2.98. The van der Waals surface area contributed by atoms with E-state index in [4.69, 9.17) is 32.7 Å². The summed E-state index contributed by atoms with van der Waals surface area (Å²) in [6.07, 6.45) is 4.64. The molecule has 226 valence electrons. The molecule has 0 radical (unpaired) electrons. The van der Waals surface area contributed by atoms with E-state index in [0.29, 0.717) is 27.9 Å². The van der Waals surface area contributed by atoms with E-state index in [9.17, 15) is 9.59 Å². The number of aromatic nitrogens is 1. The Morgan fingerprint density at radius 3 is 2.48 bits per heavy atom. The summed E-state index contributed by atoms with van der Waals surface area (Å²) in [6.45, 7) is 12.8. The topological polar surface area (TPSA) is 64.0 Å². The average molecular weight is 615 g/mol. The highest BCUT2D eigenvalue weighted by atomic mass is 35.5. The number of benzene rings is 2. The van der Waals surface area contributed by atoms with Gasteiger partial charge in [0.15, 0.2) is 6.73 Å². The second kappa shape index (κ2) is 14.5. The van der Waals surface area contributed by atoms with Gasteiger partial charge in [-0.2, -0.15) is 0 Å². The van der Waals surface area contributed by atoms with Gasteiger partial charge in [-0.15, -0.1) is 0 Å². The number of fused-ring (bicyclic) bond motifs is 1. The Kier molecular flexibility index (Phi) is 11.0. The van der Waals surface area contributed by atoms with Gasteiger partial charge in [-0.25, -0.2) is 0 Å². The SMILES string of the molecule is C/C=C(\CC)C(C)(C)C(=O)OCn1c(=O)ccc2ccc(OCCCCN3CCN(c4cccc(Cl)c4Cl)CC3)cc21. The third kappa shape index (κ3) is 7.49. The van der Waals surface area contributed by atoms with Crippen molar-refractivity contribution in [1.82, 2.24) is 9.47 Å². The van der Waals surface area contributed by atoms with Gasteiger partial charge in [0.25, 0.3) is 5.56 Å². The van der Waals surface area contributed by atoms with E-state index >= 15 is 0 Å². The maximum atomic E-state index is 12.9. The largest absolute Gasteiger partial charge is 0.494 e. The van der Waals surface area contributed by atoms with E-state index in [0.717, 1.165) is 68.6 Å². The molecule has 1 saturated heterocycles. The molecule has 1 aliphatic heterocycles. The van der Waals surface area contributed by atoms with Gasteiger partial charge < -0.3 is 14.4 Å². The van der Waals surface area contributed by atoms with Crippen molar-refractivity contribution in [3.8, 4) is 5.75 Å². The summed E-state index contributed by atoms with van der Waals surface area (Å²) >= 11 is 12.6. The standard InChI is InChI=1S/C33H41Cl2N3O4/c1-5-25(6-2)33(3,4)32(40)42-23-38-29-22-26(14-12-24(29)13-15-30(38)39)41-21-8-7-16-36-17-19-37(20-18-36)28-11-9-10-27(34)31(28)35/h5,9-15,22H,6-8,16-21,23H2,1-4H3/b25-5+. The van der Waals surface area contributed by atoms with Crippen LogP contribution in [0.3, 0.4) is 0 Å². The Bertz CT molecular complexity index is 1480. The van der Waals surface area contributed by atoms with Gasteiger partial charge in [0.2, 0.25) is 0 Å². The first kappa shape index (κ1) is 31.9. The summed E-state index contributed by atoms with van der Waals surface area (Å²) < 4.78 is 13.2. The molecular weight excluding hydrogens is 573 g/mol. The fourth-order valence-electron chi connectivity index (χ4n) is 5.51. The Morgan fingerprint density at radius 2 is 1.76 bits per heavy atom. The molecule has 1 aromatic heterocycles. The van der Waals surface area contributed by atoms with E-state index < -0.39 is 5.41 Å². The third-order valence-electron chi connectivity index (χ3n) is 8.11. The number of ether oxygens (including phenoxy) is 2. The van der Waals surface area contributed by atoms with Crippen LogP contribution in [0.4, 0.5) is 5.69 Å². The molecule has 0 bridgehead atoms.